The van der Waals surface area contributed by atoms with Crippen LogP contribution < -0.4 is 15.0 Å². The van der Waals surface area contributed by atoms with Crippen LogP contribution in [0.15, 0.2) is 60.7 Å². The molecule has 1 saturated heterocycles. The quantitative estimate of drug-likeness (QED) is 0.323. The number of allylic oxidation sites excluding steroid dienone is 1. The smallest absolute Gasteiger partial charge is 0.335 e. The Morgan fingerprint density at radius 2 is 1.65 bits per heavy atom. The third kappa shape index (κ3) is 4.08. The average Bonchev–Trinajstić information content (AvgIpc) is 2.86. The molecule has 5 fully saturated rings. The number of hydrogen-bond donors (Lipinski definition) is 1. The van der Waals surface area contributed by atoms with Gasteiger partial charge in [-0.15, -0.1) is 6.58 Å². The molecule has 6 nitrogen and oxygen atoms in total. The fraction of sp³-hybridized carbons (Fsp3) is 0.387. The van der Waals surface area contributed by atoms with Crippen LogP contribution in [0.25, 0.3) is 6.08 Å². The molecule has 0 spiro atoms. The lowest BCUT2D eigenvalue weighted by atomic mass is 9.48. The molecule has 4 bridgehead atoms. The molecule has 1 heterocycles. The van der Waals surface area contributed by atoms with Crippen LogP contribution in [0.2, 0.25) is 0 Å². The number of ether oxygens (including phenoxy) is 1. The summed E-state index contributed by atoms with van der Waals surface area (Å²) in [6.07, 6.45) is 11.8. The highest BCUT2D eigenvalue weighted by Gasteiger charge is 2.51. The molecule has 4 amide bonds. The first-order valence-electron chi connectivity index (χ1n) is 13.2. The Balaban J connectivity index is 1.28. The zero-order valence-corrected chi connectivity index (χ0v) is 21.2. The maximum Gasteiger partial charge on any atom is 0.335 e. The number of carbonyl (C=O) groups is 3. The minimum absolute atomic E-state index is 0.0838. The van der Waals surface area contributed by atoms with Crippen LogP contribution in [0, 0.1) is 17.8 Å². The van der Waals surface area contributed by atoms with Gasteiger partial charge in [0.05, 0.1) is 12.8 Å². The number of hydrogen-bond acceptors (Lipinski definition) is 4. The number of barbiturate groups is 1. The number of urea groups is 1. The predicted molar refractivity (Wildman–Crippen MR) is 142 cm³/mol. The van der Waals surface area contributed by atoms with Gasteiger partial charge in [-0.1, -0.05) is 24.3 Å². The molecule has 0 atom stereocenters. The Hall–Kier alpha value is -3.67. The number of amides is 4. The van der Waals surface area contributed by atoms with Crippen molar-refractivity contribution < 1.29 is 19.1 Å². The van der Waals surface area contributed by atoms with Crippen LogP contribution in [0.3, 0.4) is 0 Å². The number of rotatable bonds is 6. The molecule has 1 aliphatic heterocycles. The molecule has 5 aliphatic rings. The van der Waals surface area contributed by atoms with E-state index in [0.717, 1.165) is 28.2 Å². The van der Waals surface area contributed by atoms with Crippen LogP contribution in [0.1, 0.15) is 55.2 Å². The van der Waals surface area contributed by atoms with Crippen molar-refractivity contribution in [2.24, 2.45) is 17.8 Å². The summed E-state index contributed by atoms with van der Waals surface area (Å²) in [5.74, 6) is 1.89. The van der Waals surface area contributed by atoms with Crippen LogP contribution in [0.4, 0.5) is 10.5 Å². The molecule has 6 heteroatoms. The monoisotopic (exact) mass is 496 g/mol. The minimum atomic E-state index is -0.725. The number of nitrogens with zero attached hydrogens (tertiary/aromatic N) is 1. The molecule has 4 aliphatic carbocycles. The van der Waals surface area contributed by atoms with E-state index in [4.69, 9.17) is 4.74 Å². The first-order valence-corrected chi connectivity index (χ1v) is 13.2. The second-order valence-corrected chi connectivity index (χ2v) is 11.3. The number of benzene rings is 2. The van der Waals surface area contributed by atoms with Crippen LogP contribution in [-0.2, 0) is 21.4 Å². The van der Waals surface area contributed by atoms with E-state index in [-0.39, 0.29) is 11.0 Å². The third-order valence-electron chi connectivity index (χ3n) is 8.86. The van der Waals surface area contributed by atoms with Gasteiger partial charge in [-0.3, -0.25) is 14.9 Å². The van der Waals surface area contributed by atoms with Crippen LogP contribution >= 0.6 is 0 Å². The minimum Gasteiger partial charge on any atom is -0.496 e. The summed E-state index contributed by atoms with van der Waals surface area (Å²) in [4.78, 5) is 39.9. The van der Waals surface area contributed by atoms with Crippen molar-refractivity contribution in [3.8, 4) is 5.75 Å². The summed E-state index contributed by atoms with van der Waals surface area (Å²) in [6, 6.07) is 12.6. The van der Waals surface area contributed by atoms with E-state index in [0.29, 0.717) is 23.4 Å². The summed E-state index contributed by atoms with van der Waals surface area (Å²) >= 11 is 0. The number of methoxy groups -OCH3 is 1. The highest BCUT2D eigenvalue weighted by atomic mass is 16.5. The van der Waals surface area contributed by atoms with Crippen molar-refractivity contribution in [2.75, 3.05) is 12.0 Å². The van der Waals surface area contributed by atoms with E-state index in [1.807, 2.05) is 18.2 Å². The zero-order valence-electron chi connectivity index (χ0n) is 21.2. The number of carbonyl (C=O) groups excluding carboxylic acids is 3. The molecule has 7 rings (SSSR count). The Bertz CT molecular complexity index is 1290. The lowest BCUT2D eigenvalue weighted by Crippen LogP contribution is -2.54. The van der Waals surface area contributed by atoms with E-state index in [1.54, 1.807) is 25.3 Å². The fourth-order valence-corrected chi connectivity index (χ4v) is 7.69. The van der Waals surface area contributed by atoms with Gasteiger partial charge in [0.1, 0.15) is 11.3 Å². The lowest BCUT2D eigenvalue weighted by molar-refractivity contribution is -0.122. The van der Waals surface area contributed by atoms with Gasteiger partial charge in [0.25, 0.3) is 11.8 Å². The van der Waals surface area contributed by atoms with E-state index >= 15 is 0 Å². The largest absolute Gasteiger partial charge is 0.496 e. The zero-order chi connectivity index (χ0) is 25.7. The van der Waals surface area contributed by atoms with Gasteiger partial charge < -0.3 is 4.74 Å². The molecule has 0 aromatic heterocycles. The maximum atomic E-state index is 13.4. The maximum absolute atomic E-state index is 13.4. The van der Waals surface area contributed by atoms with Gasteiger partial charge >= 0.3 is 6.03 Å². The van der Waals surface area contributed by atoms with Gasteiger partial charge in [-0.05, 0) is 115 Å². The molecule has 2 aromatic rings. The van der Waals surface area contributed by atoms with Gasteiger partial charge in [-0.2, -0.15) is 0 Å². The third-order valence-corrected chi connectivity index (χ3v) is 8.86. The van der Waals surface area contributed by atoms with Gasteiger partial charge in [0.15, 0.2) is 0 Å². The number of anilines is 1. The van der Waals surface area contributed by atoms with Crippen LogP contribution in [-0.4, -0.2) is 25.0 Å². The molecule has 190 valence electrons. The van der Waals surface area contributed by atoms with E-state index in [1.165, 1.54) is 50.2 Å². The Morgan fingerprint density at radius 1 is 1.00 bits per heavy atom. The van der Waals surface area contributed by atoms with Crippen molar-refractivity contribution in [1.82, 2.24) is 5.32 Å². The summed E-state index contributed by atoms with van der Waals surface area (Å²) < 4.78 is 5.39. The molecule has 2 aromatic carbocycles. The first-order chi connectivity index (χ1) is 17.9. The predicted octanol–water partition coefficient (Wildman–Crippen LogP) is 5.56. The van der Waals surface area contributed by atoms with E-state index < -0.39 is 17.8 Å². The summed E-state index contributed by atoms with van der Waals surface area (Å²) in [7, 11) is 1.59. The molecule has 4 saturated carbocycles. The number of nitrogens with one attached hydrogen (secondary N) is 1. The molecule has 1 N–H and O–H groups in total. The second-order valence-electron chi connectivity index (χ2n) is 11.3. The lowest BCUT2D eigenvalue weighted by Gasteiger charge is -2.57. The average molecular weight is 497 g/mol. The Kier molecular flexibility index (Phi) is 5.78. The van der Waals surface area contributed by atoms with Crippen LogP contribution in [0.5, 0.6) is 5.75 Å². The van der Waals surface area contributed by atoms with Crippen molar-refractivity contribution in [3.05, 3.63) is 77.4 Å². The Labute approximate surface area is 217 Å². The molecule has 0 unspecified atom stereocenters. The second kappa shape index (κ2) is 9.02. The fourth-order valence-electron chi connectivity index (χ4n) is 7.69. The molecular weight excluding hydrogens is 464 g/mol. The first kappa shape index (κ1) is 23.7. The van der Waals surface area contributed by atoms with Crippen molar-refractivity contribution in [1.29, 1.82) is 0 Å². The van der Waals surface area contributed by atoms with Crippen molar-refractivity contribution >= 4 is 29.6 Å². The molecular formula is C31H32N2O4. The van der Waals surface area contributed by atoms with Gasteiger partial charge in [0.2, 0.25) is 0 Å². The van der Waals surface area contributed by atoms with Gasteiger partial charge in [-0.25, -0.2) is 9.69 Å². The summed E-state index contributed by atoms with van der Waals surface area (Å²) in [6.45, 7) is 3.78. The highest BCUT2D eigenvalue weighted by Crippen LogP contribution is 2.60. The summed E-state index contributed by atoms with van der Waals surface area (Å²) in [5.41, 5.74) is 3.50. The van der Waals surface area contributed by atoms with Gasteiger partial charge in [0, 0.05) is 0 Å². The standard InChI is InChI=1S/C31H32N2O4/c1-3-4-23-14-19(5-10-27(23)37-2)15-26-28(34)32-30(36)33(29(26)35)25-8-6-24(7-9-25)31-16-20-11-21(17-31)13-22(12-20)18-31/h3,5-10,14-15,20-22H,1,4,11-13,16-18H2,2H3,(H,32,34,36)/b26-15+. The normalized spacial score (nSPS) is 29.5. The van der Waals surface area contributed by atoms with Crippen molar-refractivity contribution in [2.45, 2.75) is 50.4 Å². The topological polar surface area (TPSA) is 75.7 Å². The van der Waals surface area contributed by atoms with E-state index in [9.17, 15) is 14.4 Å². The number of imide groups is 2. The SMILES string of the molecule is C=CCc1cc(/C=C2\C(=O)NC(=O)N(c3ccc(C45CC6CC(CC(C6)C4)C5)cc3)C2=O)ccc1OC. The van der Waals surface area contributed by atoms with E-state index in [2.05, 4.69) is 24.0 Å². The van der Waals surface area contributed by atoms with Crippen molar-refractivity contribution in [3.63, 3.8) is 0 Å². The Morgan fingerprint density at radius 3 is 2.24 bits per heavy atom. The molecule has 37 heavy (non-hydrogen) atoms. The highest BCUT2D eigenvalue weighted by molar-refractivity contribution is 6.39. The summed E-state index contributed by atoms with van der Waals surface area (Å²) in [5, 5.41) is 2.33. The molecule has 0 radical (unpaired) electrons.